The monoisotopic (exact) mass is 658 g/mol. The number of nitrogens with zero attached hydrogens (tertiary/aromatic N) is 3. The Balaban J connectivity index is 0.00000588. The maximum atomic E-state index is 5.23. The van der Waals surface area contributed by atoms with Crippen LogP contribution in [0.2, 0.25) is 0 Å². The molecule has 0 aliphatic heterocycles. The fourth-order valence-corrected chi connectivity index (χ4v) is 5.14. The van der Waals surface area contributed by atoms with Gasteiger partial charge in [0.2, 0.25) is 0 Å². The summed E-state index contributed by atoms with van der Waals surface area (Å²) in [6, 6.07) is 19.7. The van der Waals surface area contributed by atoms with Gasteiger partial charge in [-0.25, -0.2) is 4.98 Å². The summed E-state index contributed by atoms with van der Waals surface area (Å²) in [4.78, 5) is 15.5. The molecule has 0 amide bonds. The summed E-state index contributed by atoms with van der Waals surface area (Å²) >= 11 is 0. The minimum absolute atomic E-state index is 0. The van der Waals surface area contributed by atoms with Crippen molar-refractivity contribution in [2.75, 3.05) is 0 Å². The number of benzene rings is 2. The first-order valence-electron chi connectivity index (χ1n) is 15.8. The molecule has 0 fully saturated rings. The minimum atomic E-state index is 0. The Morgan fingerprint density at radius 1 is 0.512 bits per heavy atom. The van der Waals surface area contributed by atoms with Crippen molar-refractivity contribution in [3.8, 4) is 0 Å². The van der Waals surface area contributed by atoms with E-state index in [1.165, 1.54) is 73.6 Å². The molecule has 0 aliphatic rings. The summed E-state index contributed by atoms with van der Waals surface area (Å²) in [5, 5.41) is 0. The van der Waals surface area contributed by atoms with Gasteiger partial charge in [-0.2, -0.15) is 0 Å². The fourth-order valence-electron chi connectivity index (χ4n) is 5.14. The zero-order chi connectivity index (χ0) is 28.7. The van der Waals surface area contributed by atoms with Gasteiger partial charge in [0.15, 0.2) is 0 Å². The number of halogens is 2. The van der Waals surface area contributed by atoms with Crippen LogP contribution in [0.1, 0.15) is 127 Å². The van der Waals surface area contributed by atoms with Gasteiger partial charge >= 0.3 is 18.6 Å². The van der Waals surface area contributed by atoms with Crippen LogP contribution in [0.5, 0.6) is 0 Å². The number of unbranched alkanes of at least 4 members (excludes halogenated alkanes) is 4. The third-order valence-electron chi connectivity index (χ3n) is 7.65. The van der Waals surface area contributed by atoms with E-state index in [1.807, 2.05) is 0 Å². The normalized spacial score (nSPS) is 11.4. The van der Waals surface area contributed by atoms with E-state index in [4.69, 9.17) is 15.0 Å². The summed E-state index contributed by atoms with van der Waals surface area (Å²) in [7, 11) is 0. The van der Waals surface area contributed by atoms with E-state index in [-0.39, 0.29) is 43.4 Å². The first-order valence-corrected chi connectivity index (χ1v) is 15.8. The molecule has 0 atom stereocenters. The van der Waals surface area contributed by atoms with Crippen LogP contribution in [0.3, 0.4) is 0 Å². The zero-order valence-corrected chi connectivity index (χ0v) is 30.1. The van der Waals surface area contributed by atoms with Crippen LogP contribution in [0.25, 0.3) is 0 Å². The molecular weight excluding hydrogens is 608 g/mol. The largest absolute Gasteiger partial charge is 2.00 e. The van der Waals surface area contributed by atoms with Crippen molar-refractivity contribution in [1.29, 1.82) is 0 Å². The van der Waals surface area contributed by atoms with E-state index in [1.54, 1.807) is 0 Å². The number of hydrogen-bond donors (Lipinski definition) is 0. The van der Waals surface area contributed by atoms with E-state index in [0.717, 1.165) is 59.9 Å². The Hall–Kier alpha value is -1.91. The molecule has 0 saturated heterocycles. The van der Waals surface area contributed by atoms with Gasteiger partial charge in [0.25, 0.3) is 0 Å². The van der Waals surface area contributed by atoms with Gasteiger partial charge in [-0.05, 0) is 99.6 Å². The molecule has 1 heterocycles. The standard InChI is InChI=1S/C37H51N3.2ClH.V/c1-7-11-18-30-22-15-23-31(19-12-8-2)36(30)38-28(5)34-26-17-27-35(40-34)29(6)39-37-32(20-13-9-3)24-16-25-33(37)21-14-10-4;;;/h15-17,22-27H,7-14,18-21H2,1-6H3;2*1H;/q;;;+2/p-2. The molecule has 0 N–H and O–H groups in total. The van der Waals surface area contributed by atoms with Gasteiger partial charge in [-0.15, -0.1) is 0 Å². The van der Waals surface area contributed by atoms with Crippen LogP contribution in [-0.4, -0.2) is 16.4 Å². The van der Waals surface area contributed by atoms with E-state index < -0.39 is 0 Å². The average molecular weight is 660 g/mol. The predicted octanol–water partition coefficient (Wildman–Crippen LogP) is 4.74. The van der Waals surface area contributed by atoms with Crippen molar-refractivity contribution >= 4 is 22.8 Å². The molecule has 3 aromatic rings. The number of rotatable bonds is 16. The van der Waals surface area contributed by atoms with Gasteiger partial charge in [0, 0.05) is 0 Å². The van der Waals surface area contributed by atoms with Crippen molar-refractivity contribution in [1.82, 2.24) is 4.98 Å². The molecule has 6 heteroatoms. The molecule has 0 spiro atoms. The second-order valence-corrected chi connectivity index (χ2v) is 11.1. The summed E-state index contributed by atoms with van der Waals surface area (Å²) in [6.07, 6.45) is 13.8. The van der Waals surface area contributed by atoms with E-state index in [0.29, 0.717) is 0 Å². The van der Waals surface area contributed by atoms with Gasteiger partial charge in [-0.3, -0.25) is 9.98 Å². The van der Waals surface area contributed by atoms with Gasteiger partial charge in [0.05, 0.1) is 34.2 Å². The van der Waals surface area contributed by atoms with Gasteiger partial charge in [0.1, 0.15) is 0 Å². The van der Waals surface area contributed by atoms with E-state index >= 15 is 0 Å². The Morgan fingerprint density at radius 2 is 0.791 bits per heavy atom. The second-order valence-electron chi connectivity index (χ2n) is 11.1. The smallest absolute Gasteiger partial charge is 1.00 e. The van der Waals surface area contributed by atoms with Crippen LogP contribution in [0.4, 0.5) is 11.4 Å². The molecular formula is C37H51Cl2N3V. The number of hydrogen-bond acceptors (Lipinski definition) is 3. The number of para-hydroxylation sites is 2. The number of aliphatic imine (C=N–C) groups is 2. The molecule has 1 radical (unpaired) electrons. The Kier molecular flexibility index (Phi) is 21.6. The van der Waals surface area contributed by atoms with Crippen molar-refractivity contribution in [3.05, 3.63) is 88.2 Å². The molecule has 43 heavy (non-hydrogen) atoms. The third kappa shape index (κ3) is 12.5. The average Bonchev–Trinajstić information content (AvgIpc) is 2.98. The Bertz CT molecular complexity index is 1140. The molecule has 0 saturated carbocycles. The first-order chi connectivity index (χ1) is 19.5. The van der Waals surface area contributed by atoms with Crippen molar-refractivity contribution in [2.45, 2.75) is 119 Å². The maximum absolute atomic E-state index is 5.23. The Morgan fingerprint density at radius 3 is 1.07 bits per heavy atom. The van der Waals surface area contributed by atoms with E-state index in [2.05, 4.69) is 96.1 Å². The van der Waals surface area contributed by atoms with Crippen LogP contribution in [0.15, 0.2) is 64.6 Å². The predicted molar refractivity (Wildman–Crippen MR) is 175 cm³/mol. The van der Waals surface area contributed by atoms with Crippen LogP contribution >= 0.6 is 0 Å². The molecule has 3 nitrogen and oxygen atoms in total. The quantitative estimate of drug-likeness (QED) is 0.205. The first kappa shape index (κ1) is 41.1. The molecule has 0 aliphatic carbocycles. The fraction of sp³-hybridized carbons (Fsp3) is 0.486. The van der Waals surface area contributed by atoms with Gasteiger partial charge < -0.3 is 24.8 Å². The molecule has 2 aromatic carbocycles. The summed E-state index contributed by atoms with van der Waals surface area (Å²) in [5.41, 5.74) is 11.5. The Labute approximate surface area is 286 Å². The van der Waals surface area contributed by atoms with Crippen molar-refractivity contribution in [2.24, 2.45) is 9.98 Å². The summed E-state index contributed by atoms with van der Waals surface area (Å²) in [6.45, 7) is 13.2. The van der Waals surface area contributed by atoms with Crippen LogP contribution in [-0.2, 0) is 44.2 Å². The topological polar surface area (TPSA) is 37.6 Å². The number of aromatic nitrogens is 1. The SMILES string of the molecule is CCCCc1cccc(CCCC)c1N=C(C)c1cccc(C(C)=Nc2c(CCCC)cccc2CCCC)n1.[Cl-].[Cl-].[V+2]. The van der Waals surface area contributed by atoms with E-state index in [9.17, 15) is 0 Å². The van der Waals surface area contributed by atoms with Crippen molar-refractivity contribution < 1.29 is 43.4 Å². The zero-order valence-electron chi connectivity index (χ0n) is 27.2. The summed E-state index contributed by atoms with van der Waals surface area (Å²) in [5.74, 6) is 0. The number of pyridine rings is 1. The minimum Gasteiger partial charge on any atom is -1.00 e. The van der Waals surface area contributed by atoms with Crippen molar-refractivity contribution in [3.63, 3.8) is 0 Å². The molecule has 233 valence electrons. The number of aryl methyl sites for hydroxylation is 4. The van der Waals surface area contributed by atoms with Gasteiger partial charge in [-0.1, -0.05) is 95.8 Å². The molecule has 1 aromatic heterocycles. The maximum Gasteiger partial charge on any atom is 2.00 e. The molecule has 0 unspecified atom stereocenters. The second kappa shape index (κ2) is 22.6. The van der Waals surface area contributed by atoms with Crippen LogP contribution < -0.4 is 24.8 Å². The third-order valence-corrected chi connectivity index (χ3v) is 7.65. The van der Waals surface area contributed by atoms with Crippen LogP contribution in [0, 0.1) is 0 Å². The summed E-state index contributed by atoms with van der Waals surface area (Å²) < 4.78 is 0. The molecule has 0 bridgehead atoms. The molecule has 3 rings (SSSR count).